The van der Waals surface area contributed by atoms with Crippen molar-refractivity contribution in [2.45, 2.75) is 90.1 Å². The Morgan fingerprint density at radius 3 is 2.02 bits per heavy atom. The molecule has 0 spiro atoms. The first kappa shape index (κ1) is 41.1. The van der Waals surface area contributed by atoms with Crippen molar-refractivity contribution < 1.29 is 29.3 Å². The Morgan fingerprint density at radius 2 is 1.39 bits per heavy atom. The Hall–Kier alpha value is -6.03. The van der Waals surface area contributed by atoms with Crippen molar-refractivity contribution in [2.75, 3.05) is 6.61 Å². The molecule has 0 bridgehead atoms. The first-order chi connectivity index (χ1) is 26.9. The van der Waals surface area contributed by atoms with E-state index < -0.39 is 36.3 Å². The van der Waals surface area contributed by atoms with Crippen LogP contribution in [0.1, 0.15) is 99.3 Å². The van der Waals surface area contributed by atoms with Gasteiger partial charge in [-0.25, -0.2) is 9.97 Å². The molecule has 4 aromatic carbocycles. The summed E-state index contributed by atoms with van der Waals surface area (Å²) in [6.07, 6.45) is 9.16. The third kappa shape index (κ3) is 11.7. The van der Waals surface area contributed by atoms with Crippen LogP contribution in [0, 0.1) is 0 Å². The minimum Gasteiger partial charge on any atom is -0.508 e. The van der Waals surface area contributed by atoms with Crippen LogP contribution in [0.3, 0.4) is 0 Å². The second-order valence-electron chi connectivity index (χ2n) is 15.1. The maximum absolute atomic E-state index is 13.9. The Morgan fingerprint density at radius 1 is 0.750 bits per heavy atom. The summed E-state index contributed by atoms with van der Waals surface area (Å²) in [6.45, 7) is 9.17. The van der Waals surface area contributed by atoms with Gasteiger partial charge in [-0.15, -0.1) is 0 Å². The molecule has 0 aliphatic carbocycles. The molecule has 0 saturated heterocycles. The van der Waals surface area contributed by atoms with Gasteiger partial charge in [-0.3, -0.25) is 14.4 Å². The topological polar surface area (TPSA) is 151 Å². The number of carbonyl (C=O) groups is 3. The number of hydrogen-bond donors (Lipinski definition) is 4. The van der Waals surface area contributed by atoms with Gasteiger partial charge in [0.1, 0.15) is 17.5 Å². The maximum atomic E-state index is 13.9. The van der Waals surface area contributed by atoms with Crippen LogP contribution in [0.2, 0.25) is 0 Å². The lowest BCUT2D eigenvalue weighted by Gasteiger charge is -2.24. The zero-order chi connectivity index (χ0) is 40.1. The molecule has 56 heavy (non-hydrogen) atoms. The van der Waals surface area contributed by atoms with E-state index in [2.05, 4.69) is 48.3 Å². The highest BCUT2D eigenvalue weighted by molar-refractivity contribution is 5.97. The van der Waals surface area contributed by atoms with Gasteiger partial charge >= 0.3 is 5.97 Å². The van der Waals surface area contributed by atoms with Gasteiger partial charge in [-0.1, -0.05) is 120 Å². The summed E-state index contributed by atoms with van der Waals surface area (Å²) >= 11 is 0. The number of phenolic OH excluding ortho intramolecular Hbond substituents is 1. The number of unbranched alkanes of at least 4 members (excludes halogenated alkanes) is 4. The fourth-order valence-electron chi connectivity index (χ4n) is 6.33. The number of phenols is 1. The van der Waals surface area contributed by atoms with Gasteiger partial charge in [0.25, 0.3) is 5.91 Å². The molecule has 2 amide bonds. The monoisotopic (exact) mass is 756 g/mol. The summed E-state index contributed by atoms with van der Waals surface area (Å²) < 4.78 is 5.90. The highest BCUT2D eigenvalue weighted by Gasteiger charge is 2.28. The number of para-hydroxylation sites is 1. The van der Waals surface area contributed by atoms with Crippen LogP contribution in [-0.4, -0.2) is 50.6 Å². The van der Waals surface area contributed by atoms with Crippen molar-refractivity contribution in [3.05, 3.63) is 132 Å². The van der Waals surface area contributed by atoms with E-state index in [4.69, 9.17) is 4.74 Å². The minimum absolute atomic E-state index is 0.104. The first-order valence-corrected chi connectivity index (χ1v) is 19.3. The smallest absolute Gasteiger partial charge is 0.305 e. The molecule has 1 heterocycles. The number of carboxylic acids is 1. The van der Waals surface area contributed by atoms with Crippen molar-refractivity contribution in [3.63, 3.8) is 0 Å². The number of aromatic hydroxyl groups is 1. The Balaban J connectivity index is 1.29. The molecule has 0 aliphatic heterocycles. The number of nitrogens with zero attached hydrogens (tertiary/aromatic N) is 2. The third-order valence-electron chi connectivity index (χ3n) is 9.65. The van der Waals surface area contributed by atoms with E-state index in [9.17, 15) is 24.6 Å². The van der Waals surface area contributed by atoms with Gasteiger partial charge in [0, 0.05) is 41.1 Å². The lowest BCUT2D eigenvalue weighted by molar-refractivity contribution is -0.137. The second-order valence-corrected chi connectivity index (χ2v) is 15.1. The predicted octanol–water partition coefficient (Wildman–Crippen LogP) is 8.84. The molecule has 5 aromatic rings. The zero-order valence-corrected chi connectivity index (χ0v) is 32.6. The van der Waals surface area contributed by atoms with Crippen LogP contribution in [-0.2, 0) is 21.4 Å². The molecule has 5 rings (SSSR count). The van der Waals surface area contributed by atoms with Crippen molar-refractivity contribution in [3.8, 4) is 34.0 Å². The summed E-state index contributed by atoms with van der Waals surface area (Å²) in [7, 11) is 0. The summed E-state index contributed by atoms with van der Waals surface area (Å²) in [6, 6.07) is 26.7. The van der Waals surface area contributed by atoms with Crippen LogP contribution in [0.4, 0.5) is 0 Å². The van der Waals surface area contributed by atoms with Gasteiger partial charge in [0.15, 0.2) is 5.82 Å². The van der Waals surface area contributed by atoms with Crippen molar-refractivity contribution in [2.24, 2.45) is 0 Å². The molecular weight excluding hydrogens is 705 g/mol. The number of amides is 2. The number of hydrogen-bond acceptors (Lipinski definition) is 7. The van der Waals surface area contributed by atoms with Gasteiger partial charge in [-0.2, -0.15) is 0 Å². The van der Waals surface area contributed by atoms with E-state index in [1.807, 2.05) is 60.7 Å². The van der Waals surface area contributed by atoms with E-state index in [0.29, 0.717) is 18.0 Å². The molecule has 10 heteroatoms. The number of aliphatic carboxylic acids is 1. The average Bonchev–Trinajstić information content (AvgIpc) is 3.19. The number of rotatable bonds is 18. The number of carbonyl (C=O) groups excluding carboxylic acids is 2. The summed E-state index contributed by atoms with van der Waals surface area (Å²) in [5.41, 5.74) is 4.97. The molecule has 10 nitrogen and oxygen atoms in total. The summed E-state index contributed by atoms with van der Waals surface area (Å²) in [5.74, 6) is -0.974. The van der Waals surface area contributed by atoms with E-state index in [1.165, 1.54) is 31.7 Å². The number of nitrogens with one attached hydrogen (secondary N) is 2. The normalized spacial score (nSPS) is 12.4. The average molecular weight is 757 g/mol. The molecule has 0 saturated carbocycles. The number of carboxylic acid groups (broad SMARTS) is 1. The molecular formula is C46H52N4O6. The molecule has 2 atom stereocenters. The van der Waals surface area contributed by atoms with Crippen LogP contribution in [0.25, 0.3) is 22.5 Å². The van der Waals surface area contributed by atoms with Crippen LogP contribution >= 0.6 is 0 Å². The molecule has 292 valence electrons. The van der Waals surface area contributed by atoms with E-state index in [0.717, 1.165) is 40.0 Å². The molecule has 0 aliphatic rings. The predicted molar refractivity (Wildman–Crippen MR) is 219 cm³/mol. The number of benzene rings is 4. The van der Waals surface area contributed by atoms with E-state index in [1.54, 1.807) is 42.7 Å². The largest absolute Gasteiger partial charge is 0.508 e. The zero-order valence-electron chi connectivity index (χ0n) is 32.6. The Bertz CT molecular complexity index is 2040. The Kier molecular flexibility index (Phi) is 14.3. The molecule has 0 fully saturated rings. The Labute approximate surface area is 329 Å². The van der Waals surface area contributed by atoms with Crippen LogP contribution in [0.15, 0.2) is 109 Å². The van der Waals surface area contributed by atoms with Crippen molar-refractivity contribution in [1.29, 1.82) is 0 Å². The van der Waals surface area contributed by atoms with Gasteiger partial charge in [-0.05, 0) is 58.9 Å². The standard InChI is InChI=1S/C46H52N4O6/c1-5-6-7-8-11-26-56-37-24-20-32(21-25-37)35-29-47-43(48-30-35)33-16-14-31(15-17-33)27-40(50-44(54)34-18-22-36(23-19-34)46(2,3)4)45(55)49-39(28-42(52)53)38-12-9-10-13-41(38)51/h9-10,12-25,29-30,39-40,51H,5-8,11,26-28H2,1-4H3,(H,49,55)(H,50,54)(H,52,53)/t39?,40-/m0/s1. The quantitative estimate of drug-likeness (QED) is 0.0648. The van der Waals surface area contributed by atoms with Crippen LogP contribution < -0.4 is 15.4 Å². The third-order valence-corrected chi connectivity index (χ3v) is 9.65. The lowest BCUT2D eigenvalue weighted by atomic mass is 9.86. The highest BCUT2D eigenvalue weighted by Crippen LogP contribution is 2.28. The second kappa shape index (κ2) is 19.5. The minimum atomic E-state index is -1.16. The van der Waals surface area contributed by atoms with Gasteiger partial charge in [0.2, 0.25) is 5.91 Å². The van der Waals surface area contributed by atoms with Crippen molar-refractivity contribution >= 4 is 17.8 Å². The molecule has 1 aromatic heterocycles. The number of ether oxygens (including phenoxy) is 1. The summed E-state index contributed by atoms with van der Waals surface area (Å²) in [4.78, 5) is 48.4. The van der Waals surface area contributed by atoms with Crippen LogP contribution in [0.5, 0.6) is 11.5 Å². The lowest BCUT2D eigenvalue weighted by Crippen LogP contribution is -2.49. The molecule has 1 unspecified atom stereocenters. The fourth-order valence-corrected chi connectivity index (χ4v) is 6.33. The van der Waals surface area contributed by atoms with Gasteiger partial charge < -0.3 is 25.6 Å². The van der Waals surface area contributed by atoms with Crippen molar-refractivity contribution in [1.82, 2.24) is 20.6 Å². The van der Waals surface area contributed by atoms with E-state index in [-0.39, 0.29) is 23.1 Å². The van der Waals surface area contributed by atoms with Gasteiger partial charge in [0.05, 0.1) is 19.1 Å². The molecule has 0 radical (unpaired) electrons. The fraction of sp³-hybridized carbons (Fsp3) is 0.326. The SMILES string of the molecule is CCCCCCCOc1ccc(-c2cnc(-c3ccc(C[C@H](NC(=O)c4ccc(C(C)(C)C)cc4)C(=O)NC(CC(=O)O)c4ccccc4O)cc3)nc2)cc1. The van der Waals surface area contributed by atoms with E-state index >= 15 is 0 Å². The highest BCUT2D eigenvalue weighted by atomic mass is 16.5. The first-order valence-electron chi connectivity index (χ1n) is 19.3. The summed E-state index contributed by atoms with van der Waals surface area (Å²) in [5, 5.41) is 25.7. The number of aromatic nitrogens is 2. The maximum Gasteiger partial charge on any atom is 0.305 e. The molecule has 4 N–H and O–H groups in total.